The maximum Gasteiger partial charge on any atom is 0.309 e. The second-order valence-electron chi connectivity index (χ2n) is 3.62. The summed E-state index contributed by atoms with van der Waals surface area (Å²) < 4.78 is 4.99. The van der Waals surface area contributed by atoms with E-state index in [1.54, 1.807) is 24.4 Å². The lowest BCUT2D eigenvalue weighted by Crippen LogP contribution is -2.02. The van der Waals surface area contributed by atoms with Crippen LogP contribution in [0.5, 0.6) is 5.88 Å². The number of hydrogen-bond acceptors (Lipinski definition) is 4. The molecule has 0 unspecified atom stereocenters. The Morgan fingerprint density at radius 2 is 1.94 bits per heavy atom. The Hall–Kier alpha value is -2.63. The molecular weight excluding hydrogens is 236 g/mol. The Bertz CT molecular complexity index is 586. The minimum Gasteiger partial charge on any atom is -0.409 e. The van der Waals surface area contributed by atoms with Gasteiger partial charge in [0.25, 0.3) is 5.69 Å². The molecule has 0 atom stereocenters. The summed E-state index contributed by atoms with van der Waals surface area (Å²) in [5.41, 5.74) is 1.43. The summed E-state index contributed by atoms with van der Waals surface area (Å²) in [6.07, 6.45) is 1.63. The van der Waals surface area contributed by atoms with Crippen LogP contribution in [0.3, 0.4) is 0 Å². The molecule has 1 heterocycles. The third-order valence-corrected chi connectivity index (χ3v) is 2.34. The number of nitro benzene ring substituents is 1. The highest BCUT2D eigenvalue weighted by Crippen LogP contribution is 2.30. The van der Waals surface area contributed by atoms with Crippen LogP contribution in [0.1, 0.15) is 6.92 Å². The SMILES string of the molecule is CC(=O)Oc1[nH]ccc1-c1ccc([N+](=O)[O-])cc1. The van der Waals surface area contributed by atoms with Crippen molar-refractivity contribution < 1.29 is 14.5 Å². The van der Waals surface area contributed by atoms with Crippen molar-refractivity contribution in [3.63, 3.8) is 0 Å². The fourth-order valence-electron chi connectivity index (χ4n) is 1.57. The number of H-pyrrole nitrogens is 1. The quantitative estimate of drug-likeness (QED) is 0.512. The number of ether oxygens (including phenoxy) is 1. The van der Waals surface area contributed by atoms with Crippen LogP contribution in [0.25, 0.3) is 11.1 Å². The summed E-state index contributed by atoms with van der Waals surface area (Å²) in [7, 11) is 0. The van der Waals surface area contributed by atoms with Gasteiger partial charge in [-0.2, -0.15) is 0 Å². The van der Waals surface area contributed by atoms with Crippen LogP contribution in [-0.4, -0.2) is 15.9 Å². The molecule has 6 heteroatoms. The Labute approximate surface area is 102 Å². The number of rotatable bonds is 3. The third-order valence-electron chi connectivity index (χ3n) is 2.34. The summed E-state index contributed by atoms with van der Waals surface area (Å²) in [5.74, 6) is -0.100. The monoisotopic (exact) mass is 246 g/mol. The van der Waals surface area contributed by atoms with E-state index >= 15 is 0 Å². The first-order valence-electron chi connectivity index (χ1n) is 5.18. The number of nitrogens with zero attached hydrogens (tertiary/aromatic N) is 1. The van der Waals surface area contributed by atoms with Gasteiger partial charge in [0, 0.05) is 30.8 Å². The molecule has 0 saturated heterocycles. The van der Waals surface area contributed by atoms with Gasteiger partial charge >= 0.3 is 5.97 Å². The molecule has 2 aromatic rings. The van der Waals surface area contributed by atoms with Crippen LogP contribution in [0, 0.1) is 10.1 Å². The van der Waals surface area contributed by atoms with Gasteiger partial charge in [0.05, 0.1) is 4.92 Å². The number of aromatic nitrogens is 1. The van der Waals surface area contributed by atoms with Crippen molar-refractivity contribution in [2.45, 2.75) is 6.92 Å². The first kappa shape index (κ1) is 11.8. The van der Waals surface area contributed by atoms with Gasteiger partial charge in [-0.1, -0.05) is 0 Å². The molecule has 92 valence electrons. The molecule has 0 saturated carbocycles. The highest BCUT2D eigenvalue weighted by Gasteiger charge is 2.11. The van der Waals surface area contributed by atoms with E-state index in [1.165, 1.54) is 19.1 Å². The minimum absolute atomic E-state index is 0.0170. The number of aromatic amines is 1. The first-order valence-corrected chi connectivity index (χ1v) is 5.18. The topological polar surface area (TPSA) is 85.2 Å². The highest BCUT2D eigenvalue weighted by atomic mass is 16.6. The summed E-state index contributed by atoms with van der Waals surface area (Å²) in [4.78, 5) is 23.8. The predicted molar refractivity (Wildman–Crippen MR) is 64.2 cm³/mol. The Morgan fingerprint density at radius 1 is 1.28 bits per heavy atom. The molecular formula is C12H10N2O4. The van der Waals surface area contributed by atoms with Crippen molar-refractivity contribution in [1.82, 2.24) is 4.98 Å². The third kappa shape index (κ3) is 2.37. The standard InChI is InChI=1S/C12H10N2O4/c1-8(15)18-12-11(6-7-13-12)9-2-4-10(5-3-9)14(16)17/h2-7,13H,1H3. The van der Waals surface area contributed by atoms with Crippen molar-refractivity contribution in [1.29, 1.82) is 0 Å². The van der Waals surface area contributed by atoms with E-state index in [2.05, 4.69) is 4.98 Å². The minimum atomic E-state index is -0.464. The average Bonchev–Trinajstić information content (AvgIpc) is 2.76. The molecule has 18 heavy (non-hydrogen) atoms. The fourth-order valence-corrected chi connectivity index (χ4v) is 1.57. The average molecular weight is 246 g/mol. The predicted octanol–water partition coefficient (Wildman–Crippen LogP) is 2.52. The van der Waals surface area contributed by atoms with E-state index in [4.69, 9.17) is 4.74 Å². The molecule has 0 radical (unpaired) electrons. The number of nitrogens with one attached hydrogen (secondary N) is 1. The Balaban J connectivity index is 2.34. The van der Waals surface area contributed by atoms with E-state index in [0.29, 0.717) is 11.4 Å². The molecule has 2 rings (SSSR count). The fraction of sp³-hybridized carbons (Fsp3) is 0.0833. The molecule has 0 bridgehead atoms. The van der Waals surface area contributed by atoms with Gasteiger partial charge in [-0.25, -0.2) is 0 Å². The molecule has 0 aliphatic heterocycles. The molecule has 0 amide bonds. The number of carbonyl (C=O) groups excluding carboxylic acids is 1. The van der Waals surface area contributed by atoms with Gasteiger partial charge < -0.3 is 9.72 Å². The summed E-state index contributed by atoms with van der Waals surface area (Å²) in [6, 6.07) is 7.75. The lowest BCUT2D eigenvalue weighted by Gasteiger charge is -2.03. The maximum absolute atomic E-state index is 10.9. The van der Waals surface area contributed by atoms with Gasteiger partial charge in [0.15, 0.2) is 0 Å². The van der Waals surface area contributed by atoms with Crippen molar-refractivity contribution >= 4 is 11.7 Å². The molecule has 0 aliphatic carbocycles. The van der Waals surface area contributed by atoms with Crippen molar-refractivity contribution in [3.05, 3.63) is 46.6 Å². The number of hydrogen-bond donors (Lipinski definition) is 1. The van der Waals surface area contributed by atoms with Crippen LogP contribution in [0.4, 0.5) is 5.69 Å². The van der Waals surface area contributed by atoms with Crippen LogP contribution < -0.4 is 4.74 Å². The zero-order chi connectivity index (χ0) is 13.1. The zero-order valence-electron chi connectivity index (χ0n) is 9.54. The number of benzene rings is 1. The van der Waals surface area contributed by atoms with Crippen LogP contribution in [0.2, 0.25) is 0 Å². The Kier molecular flexibility index (Phi) is 3.09. The molecule has 1 aromatic carbocycles. The lowest BCUT2D eigenvalue weighted by atomic mass is 10.1. The van der Waals surface area contributed by atoms with E-state index in [9.17, 15) is 14.9 Å². The van der Waals surface area contributed by atoms with E-state index in [0.717, 1.165) is 5.56 Å². The number of esters is 1. The largest absolute Gasteiger partial charge is 0.409 e. The molecule has 6 nitrogen and oxygen atoms in total. The maximum atomic E-state index is 10.9. The first-order chi connectivity index (χ1) is 8.58. The zero-order valence-corrected chi connectivity index (χ0v) is 9.54. The molecule has 0 aliphatic rings. The van der Waals surface area contributed by atoms with Gasteiger partial charge in [-0.05, 0) is 23.8 Å². The van der Waals surface area contributed by atoms with E-state index in [-0.39, 0.29) is 5.69 Å². The number of carbonyl (C=O) groups is 1. The van der Waals surface area contributed by atoms with E-state index < -0.39 is 10.9 Å². The van der Waals surface area contributed by atoms with Crippen molar-refractivity contribution in [2.24, 2.45) is 0 Å². The van der Waals surface area contributed by atoms with Crippen molar-refractivity contribution in [2.75, 3.05) is 0 Å². The molecule has 0 spiro atoms. The van der Waals surface area contributed by atoms with Gasteiger partial charge in [0.2, 0.25) is 5.88 Å². The second kappa shape index (κ2) is 4.70. The smallest absolute Gasteiger partial charge is 0.309 e. The summed E-state index contributed by atoms with van der Waals surface area (Å²) >= 11 is 0. The van der Waals surface area contributed by atoms with Crippen LogP contribution >= 0.6 is 0 Å². The second-order valence-corrected chi connectivity index (χ2v) is 3.62. The highest BCUT2D eigenvalue weighted by molar-refractivity contribution is 5.75. The Morgan fingerprint density at radius 3 is 2.50 bits per heavy atom. The summed E-state index contributed by atoms with van der Waals surface area (Å²) in [5, 5.41) is 10.5. The van der Waals surface area contributed by atoms with Gasteiger partial charge in [-0.15, -0.1) is 0 Å². The molecule has 1 N–H and O–H groups in total. The number of non-ortho nitro benzene ring substituents is 1. The normalized spacial score (nSPS) is 10.1. The molecule has 1 aromatic heterocycles. The van der Waals surface area contributed by atoms with Crippen molar-refractivity contribution in [3.8, 4) is 17.0 Å². The van der Waals surface area contributed by atoms with Crippen LogP contribution in [-0.2, 0) is 4.79 Å². The summed E-state index contributed by atoms with van der Waals surface area (Å²) in [6.45, 7) is 1.31. The van der Waals surface area contributed by atoms with Crippen LogP contribution in [0.15, 0.2) is 36.5 Å². The van der Waals surface area contributed by atoms with E-state index in [1.807, 2.05) is 0 Å². The lowest BCUT2D eigenvalue weighted by molar-refractivity contribution is -0.384. The number of nitro groups is 1. The van der Waals surface area contributed by atoms with Gasteiger partial charge in [-0.3, -0.25) is 14.9 Å². The van der Waals surface area contributed by atoms with Gasteiger partial charge in [0.1, 0.15) is 0 Å². The molecule has 0 fully saturated rings.